The zero-order chi connectivity index (χ0) is 25.4. The van der Waals surface area contributed by atoms with Gasteiger partial charge in [0.25, 0.3) is 0 Å². The first-order valence-corrected chi connectivity index (χ1v) is 11.2. The van der Waals surface area contributed by atoms with Gasteiger partial charge in [-0.25, -0.2) is 4.39 Å². The lowest BCUT2D eigenvalue weighted by Gasteiger charge is -2.28. The summed E-state index contributed by atoms with van der Waals surface area (Å²) in [5, 5.41) is 8.54. The van der Waals surface area contributed by atoms with E-state index >= 15 is 4.39 Å². The highest BCUT2D eigenvalue weighted by molar-refractivity contribution is 6.06. The van der Waals surface area contributed by atoms with Crippen molar-refractivity contribution in [3.05, 3.63) is 46.3 Å². The Morgan fingerprint density at radius 1 is 1.12 bits per heavy atom. The monoisotopic (exact) mass is 471 g/mol. The Labute approximate surface area is 200 Å². The maximum atomic E-state index is 15.1. The molecule has 0 radical (unpaired) electrons. The molecule has 0 unspecified atom stereocenters. The van der Waals surface area contributed by atoms with Crippen LogP contribution in [0, 0.1) is 11.2 Å². The predicted octanol–water partition coefficient (Wildman–Crippen LogP) is 4.63. The molecule has 0 aliphatic carbocycles. The molecule has 1 N–H and O–H groups in total. The molecule has 3 rings (SSSR count). The molecule has 1 heterocycles. The third-order valence-electron chi connectivity index (χ3n) is 6.23. The number of ether oxygens (including phenoxy) is 3. The van der Waals surface area contributed by atoms with E-state index in [2.05, 4.69) is 20.8 Å². The van der Waals surface area contributed by atoms with Crippen LogP contribution in [0.15, 0.2) is 18.2 Å². The first-order chi connectivity index (χ1) is 16.0. The summed E-state index contributed by atoms with van der Waals surface area (Å²) in [6.45, 7) is 9.18. The van der Waals surface area contributed by atoms with Crippen LogP contribution in [0.3, 0.4) is 0 Å². The van der Waals surface area contributed by atoms with E-state index in [1.807, 2.05) is 31.0 Å². The molecule has 184 valence electrons. The summed E-state index contributed by atoms with van der Waals surface area (Å²) in [6, 6.07) is 5.36. The highest BCUT2D eigenvalue weighted by atomic mass is 19.1. The zero-order valence-electron chi connectivity index (χ0n) is 21.3. The molecule has 0 aromatic heterocycles. The summed E-state index contributed by atoms with van der Waals surface area (Å²) in [7, 11) is 6.38. The van der Waals surface area contributed by atoms with Crippen molar-refractivity contribution in [2.24, 2.45) is 0 Å². The van der Waals surface area contributed by atoms with E-state index < -0.39 is 5.82 Å². The second-order valence-electron chi connectivity index (χ2n) is 9.43. The van der Waals surface area contributed by atoms with Crippen molar-refractivity contribution in [3.8, 4) is 17.2 Å². The van der Waals surface area contributed by atoms with Crippen LogP contribution >= 0.6 is 0 Å². The molecule has 7 nitrogen and oxygen atoms in total. The largest absolute Gasteiger partial charge is 0.494 e. The van der Waals surface area contributed by atoms with Crippen molar-refractivity contribution in [1.29, 1.82) is 5.41 Å². The highest BCUT2D eigenvalue weighted by Crippen LogP contribution is 2.41. The van der Waals surface area contributed by atoms with Crippen molar-refractivity contribution < 1.29 is 23.4 Å². The van der Waals surface area contributed by atoms with Gasteiger partial charge in [-0.2, -0.15) is 0 Å². The normalized spacial score (nSPS) is 13.1. The van der Waals surface area contributed by atoms with E-state index in [1.54, 1.807) is 18.1 Å². The number of nitrogens with zero attached hydrogens (tertiary/aromatic N) is 2. The smallest absolute Gasteiger partial charge is 0.197 e. The minimum atomic E-state index is -0.650. The number of hydrogen-bond acceptors (Lipinski definition) is 6. The predicted molar refractivity (Wildman–Crippen MR) is 132 cm³/mol. The quantitative estimate of drug-likeness (QED) is 0.566. The fourth-order valence-corrected chi connectivity index (χ4v) is 4.22. The van der Waals surface area contributed by atoms with Gasteiger partial charge in [0.2, 0.25) is 0 Å². The summed E-state index contributed by atoms with van der Waals surface area (Å²) >= 11 is 0. The number of halogens is 1. The molecule has 0 bridgehead atoms. The SMILES string of the molecule is CCN(C)c1cc(C(=O)CN2Cc3cc(OC)c(OC)c(F)c3C2=N)cc(C(C)(C)C)c1OC. The number of anilines is 1. The third-order valence-corrected chi connectivity index (χ3v) is 6.23. The number of fused-ring (bicyclic) bond motifs is 1. The fourth-order valence-electron chi connectivity index (χ4n) is 4.22. The highest BCUT2D eigenvalue weighted by Gasteiger charge is 2.33. The van der Waals surface area contributed by atoms with Gasteiger partial charge in [0.15, 0.2) is 23.1 Å². The van der Waals surface area contributed by atoms with Gasteiger partial charge in [0.05, 0.1) is 39.1 Å². The lowest BCUT2D eigenvalue weighted by molar-refractivity contribution is 0.0962. The van der Waals surface area contributed by atoms with Crippen molar-refractivity contribution in [2.75, 3.05) is 46.4 Å². The number of carbonyl (C=O) groups is 1. The van der Waals surface area contributed by atoms with E-state index in [4.69, 9.17) is 19.6 Å². The molecular weight excluding hydrogens is 437 g/mol. The first-order valence-electron chi connectivity index (χ1n) is 11.2. The second-order valence-corrected chi connectivity index (χ2v) is 9.43. The molecule has 8 heteroatoms. The summed E-state index contributed by atoms with van der Waals surface area (Å²) in [5.41, 5.74) is 2.77. The van der Waals surface area contributed by atoms with Crippen LogP contribution in [0.1, 0.15) is 54.7 Å². The van der Waals surface area contributed by atoms with Crippen LogP contribution in [0.4, 0.5) is 10.1 Å². The average molecular weight is 472 g/mol. The number of carbonyl (C=O) groups excluding carboxylic acids is 1. The molecule has 2 aromatic carbocycles. The molecule has 0 spiro atoms. The number of nitrogens with one attached hydrogen (secondary N) is 1. The first kappa shape index (κ1) is 25.3. The fraction of sp³-hybridized carbons (Fsp3) is 0.462. The molecule has 0 amide bonds. The lowest BCUT2D eigenvalue weighted by atomic mass is 9.84. The van der Waals surface area contributed by atoms with E-state index in [-0.39, 0.29) is 47.2 Å². The molecule has 34 heavy (non-hydrogen) atoms. The van der Waals surface area contributed by atoms with Crippen molar-refractivity contribution >= 4 is 17.3 Å². The van der Waals surface area contributed by atoms with Crippen LogP contribution in [0.2, 0.25) is 0 Å². The number of hydrogen-bond donors (Lipinski definition) is 1. The molecule has 2 aromatic rings. The molecule has 0 saturated carbocycles. The zero-order valence-corrected chi connectivity index (χ0v) is 21.3. The van der Waals surface area contributed by atoms with Crippen LogP contribution in [0.25, 0.3) is 0 Å². The molecule has 0 saturated heterocycles. The maximum Gasteiger partial charge on any atom is 0.197 e. The molecular formula is C26H34FN3O4. The standard InChI is InChI=1S/C26H34FN3O4/c1-9-29(5)18-11-15(10-17(23(18)33-7)26(2,3)4)19(31)14-30-13-16-12-20(32-6)24(34-8)22(27)21(16)25(30)28/h10-12,28H,9,13-14H2,1-8H3. The summed E-state index contributed by atoms with van der Waals surface area (Å²) in [4.78, 5) is 17.0. The van der Waals surface area contributed by atoms with Crippen molar-refractivity contribution in [2.45, 2.75) is 39.7 Å². The Bertz CT molecular complexity index is 1120. The lowest BCUT2D eigenvalue weighted by Crippen LogP contribution is -2.31. The second kappa shape index (κ2) is 9.52. The molecule has 0 fully saturated rings. The third kappa shape index (κ3) is 4.41. The number of ketones is 1. The van der Waals surface area contributed by atoms with Gasteiger partial charge < -0.3 is 24.0 Å². The van der Waals surface area contributed by atoms with Gasteiger partial charge >= 0.3 is 0 Å². The van der Waals surface area contributed by atoms with E-state index in [9.17, 15) is 4.79 Å². The number of rotatable bonds is 8. The minimum absolute atomic E-state index is 0.0442. The van der Waals surface area contributed by atoms with Crippen molar-refractivity contribution in [1.82, 2.24) is 4.90 Å². The number of methoxy groups -OCH3 is 3. The van der Waals surface area contributed by atoms with E-state index in [0.717, 1.165) is 23.5 Å². The van der Waals surface area contributed by atoms with Gasteiger partial charge in [-0.1, -0.05) is 20.8 Å². The van der Waals surface area contributed by atoms with Gasteiger partial charge in [-0.3, -0.25) is 10.2 Å². The average Bonchev–Trinajstić information content (AvgIpc) is 3.11. The Hall–Kier alpha value is -3.29. The van der Waals surface area contributed by atoms with E-state index in [0.29, 0.717) is 11.1 Å². The maximum absolute atomic E-state index is 15.1. The van der Waals surface area contributed by atoms with Gasteiger partial charge in [0, 0.05) is 31.3 Å². The van der Waals surface area contributed by atoms with Crippen LogP contribution in [0.5, 0.6) is 17.2 Å². The van der Waals surface area contributed by atoms with Crippen LogP contribution in [-0.4, -0.2) is 58.0 Å². The minimum Gasteiger partial charge on any atom is -0.494 e. The van der Waals surface area contributed by atoms with E-state index in [1.165, 1.54) is 14.2 Å². The van der Waals surface area contributed by atoms with Gasteiger partial charge in [-0.15, -0.1) is 0 Å². The topological polar surface area (TPSA) is 75.1 Å². The van der Waals surface area contributed by atoms with Crippen molar-refractivity contribution in [3.63, 3.8) is 0 Å². The van der Waals surface area contributed by atoms with Crippen LogP contribution in [-0.2, 0) is 12.0 Å². The molecule has 1 aliphatic heterocycles. The Morgan fingerprint density at radius 2 is 1.76 bits per heavy atom. The Balaban J connectivity index is 1.98. The Kier molecular flexibility index (Phi) is 7.10. The summed E-state index contributed by atoms with van der Waals surface area (Å²) in [6.07, 6.45) is 0. The number of amidine groups is 1. The van der Waals surface area contributed by atoms with Crippen LogP contribution < -0.4 is 19.1 Å². The Morgan fingerprint density at radius 3 is 2.29 bits per heavy atom. The van der Waals surface area contributed by atoms with Gasteiger partial charge in [0.1, 0.15) is 11.6 Å². The van der Waals surface area contributed by atoms with Gasteiger partial charge in [-0.05, 0) is 36.1 Å². The molecule has 0 atom stereocenters. The molecule has 1 aliphatic rings. The number of benzene rings is 2. The summed E-state index contributed by atoms with van der Waals surface area (Å²) < 4.78 is 31.2. The summed E-state index contributed by atoms with van der Waals surface area (Å²) in [5.74, 6) is 0.112. The number of Topliss-reactive ketones (excluding diaryl/α,β-unsaturated/α-hetero) is 1.